The molecule has 2 N–H and O–H groups in total. The molecule has 2 aromatic rings. The van der Waals surface area contributed by atoms with Crippen LogP contribution in [-0.4, -0.2) is 37.8 Å². The zero-order valence-corrected chi connectivity index (χ0v) is 16.9. The van der Waals surface area contributed by atoms with Gasteiger partial charge in [-0.2, -0.15) is 0 Å². The number of benzene rings is 1. The van der Waals surface area contributed by atoms with Crippen molar-refractivity contribution in [2.24, 2.45) is 5.73 Å². The minimum Gasteiger partial charge on any atom is -0.496 e. The minimum absolute atomic E-state index is 0.309. The van der Waals surface area contributed by atoms with Crippen molar-refractivity contribution in [3.8, 4) is 11.5 Å². The Morgan fingerprint density at radius 3 is 2.69 bits per heavy atom. The predicted octanol–water partition coefficient (Wildman–Crippen LogP) is 3.92. The van der Waals surface area contributed by atoms with Crippen LogP contribution in [0.1, 0.15) is 39.0 Å². The maximum Gasteiger partial charge on any atom is 0.258 e. The molecule has 1 aliphatic heterocycles. The van der Waals surface area contributed by atoms with Crippen LogP contribution in [0.3, 0.4) is 0 Å². The largest absolute Gasteiger partial charge is 0.496 e. The van der Waals surface area contributed by atoms with Gasteiger partial charge in [-0.05, 0) is 49.9 Å². The molecule has 3 rings (SSSR count). The van der Waals surface area contributed by atoms with Crippen LogP contribution in [-0.2, 0) is 6.54 Å². The number of primary amides is 1. The van der Waals surface area contributed by atoms with E-state index in [-0.39, 0.29) is 5.91 Å². The van der Waals surface area contributed by atoms with E-state index in [1.807, 2.05) is 24.5 Å². The Labute approximate surface area is 162 Å². The normalized spacial score (nSPS) is 17.4. The molecule has 2 heterocycles. The molecule has 0 radical (unpaired) electrons. The number of nitrogens with zero attached hydrogens (tertiary/aromatic N) is 1. The topological polar surface area (TPSA) is 64.8 Å². The smallest absolute Gasteiger partial charge is 0.258 e. The van der Waals surface area contributed by atoms with Crippen molar-refractivity contribution in [3.63, 3.8) is 0 Å². The maximum atomic E-state index is 11.4. The van der Waals surface area contributed by atoms with E-state index in [0.717, 1.165) is 47.9 Å². The third-order valence-electron chi connectivity index (χ3n) is 4.72. The molecule has 1 saturated heterocycles. The van der Waals surface area contributed by atoms with Gasteiger partial charge in [0.2, 0.25) is 0 Å². The van der Waals surface area contributed by atoms with E-state index in [2.05, 4.69) is 11.0 Å². The first-order valence-corrected chi connectivity index (χ1v) is 10.5. The number of carbonyl (C=O) groups excluding carboxylic acids is 1. The van der Waals surface area contributed by atoms with Crippen molar-refractivity contribution in [2.75, 3.05) is 27.0 Å². The van der Waals surface area contributed by atoms with Crippen molar-refractivity contribution in [1.82, 2.24) is 4.90 Å². The number of thiophene rings is 1. The lowest BCUT2D eigenvalue weighted by Crippen LogP contribution is -2.22. The Balaban J connectivity index is 1.85. The lowest BCUT2D eigenvalue weighted by atomic mass is 10.1. The number of ether oxygens (including phenoxy) is 2. The number of carbonyl (C=O) groups is 1. The number of nitrogens with two attached hydrogens (primary N) is 1. The SMILES string of the molecule is COc1cc(SC)c(OC)cc1CN1CCC[C@H]1c1ccc(C(N)=O)s1. The second kappa shape index (κ2) is 8.33. The van der Waals surface area contributed by atoms with Crippen LogP contribution in [0.25, 0.3) is 0 Å². The summed E-state index contributed by atoms with van der Waals surface area (Å²) in [5, 5.41) is 0. The van der Waals surface area contributed by atoms with Gasteiger partial charge in [0.15, 0.2) is 0 Å². The van der Waals surface area contributed by atoms with E-state index in [1.54, 1.807) is 26.0 Å². The van der Waals surface area contributed by atoms with Gasteiger partial charge in [0.05, 0.1) is 24.0 Å². The Hall–Kier alpha value is -1.70. The first kappa shape index (κ1) is 19.1. The first-order valence-electron chi connectivity index (χ1n) is 8.49. The van der Waals surface area contributed by atoms with Crippen LogP contribution in [0.5, 0.6) is 11.5 Å². The average Bonchev–Trinajstić information content (AvgIpc) is 3.30. The zero-order valence-electron chi connectivity index (χ0n) is 15.3. The van der Waals surface area contributed by atoms with Gasteiger partial charge in [-0.15, -0.1) is 23.1 Å². The molecule has 0 aliphatic carbocycles. The quantitative estimate of drug-likeness (QED) is 0.724. The lowest BCUT2D eigenvalue weighted by molar-refractivity contribution is 0.100. The molecule has 26 heavy (non-hydrogen) atoms. The molecule has 1 atom stereocenters. The van der Waals surface area contributed by atoms with Crippen molar-refractivity contribution in [3.05, 3.63) is 39.6 Å². The van der Waals surface area contributed by atoms with Crippen molar-refractivity contribution in [1.29, 1.82) is 0 Å². The molecule has 1 fully saturated rings. The molecule has 7 heteroatoms. The summed E-state index contributed by atoms with van der Waals surface area (Å²) in [6, 6.07) is 8.28. The molecule has 0 saturated carbocycles. The molecule has 1 aromatic carbocycles. The van der Waals surface area contributed by atoms with Gasteiger partial charge in [0, 0.05) is 23.0 Å². The Morgan fingerprint density at radius 2 is 2.08 bits per heavy atom. The van der Waals surface area contributed by atoms with Gasteiger partial charge >= 0.3 is 0 Å². The molecule has 1 amide bonds. The number of hydrogen-bond acceptors (Lipinski definition) is 6. The molecule has 140 valence electrons. The third-order valence-corrected chi connectivity index (χ3v) is 6.68. The molecule has 0 unspecified atom stereocenters. The first-order chi connectivity index (χ1) is 12.6. The van der Waals surface area contributed by atoms with E-state index in [9.17, 15) is 4.79 Å². The van der Waals surface area contributed by atoms with Crippen LogP contribution in [0.2, 0.25) is 0 Å². The summed E-state index contributed by atoms with van der Waals surface area (Å²) in [4.78, 5) is 16.7. The Morgan fingerprint density at radius 1 is 1.31 bits per heavy atom. The van der Waals surface area contributed by atoms with Crippen LogP contribution < -0.4 is 15.2 Å². The fourth-order valence-corrected chi connectivity index (χ4v) is 5.03. The van der Waals surface area contributed by atoms with Gasteiger partial charge in [0.25, 0.3) is 5.91 Å². The zero-order chi connectivity index (χ0) is 18.7. The highest BCUT2D eigenvalue weighted by Gasteiger charge is 2.28. The summed E-state index contributed by atoms with van der Waals surface area (Å²) >= 11 is 3.14. The van der Waals surface area contributed by atoms with Crippen molar-refractivity contribution < 1.29 is 14.3 Å². The fourth-order valence-electron chi connectivity index (χ4n) is 3.44. The van der Waals surface area contributed by atoms with Gasteiger partial charge in [-0.3, -0.25) is 9.69 Å². The van der Waals surface area contributed by atoms with E-state index in [1.165, 1.54) is 16.2 Å². The average molecular weight is 393 g/mol. The number of methoxy groups -OCH3 is 2. The van der Waals surface area contributed by atoms with Gasteiger partial charge in [0.1, 0.15) is 11.5 Å². The van der Waals surface area contributed by atoms with Crippen LogP contribution in [0, 0.1) is 0 Å². The second-order valence-electron chi connectivity index (χ2n) is 6.21. The summed E-state index contributed by atoms with van der Waals surface area (Å²) in [6.45, 7) is 1.80. The second-order valence-corrected chi connectivity index (χ2v) is 8.18. The van der Waals surface area contributed by atoms with Gasteiger partial charge in [-0.25, -0.2) is 0 Å². The van der Waals surface area contributed by atoms with E-state index in [0.29, 0.717) is 10.9 Å². The van der Waals surface area contributed by atoms with Crippen LogP contribution >= 0.6 is 23.1 Å². The summed E-state index contributed by atoms with van der Waals surface area (Å²) in [5.74, 6) is 1.39. The van der Waals surface area contributed by atoms with E-state index < -0.39 is 0 Å². The summed E-state index contributed by atoms with van der Waals surface area (Å²) in [6.07, 6.45) is 4.25. The van der Waals surface area contributed by atoms with Gasteiger partial charge < -0.3 is 15.2 Å². The monoisotopic (exact) mass is 392 g/mol. The van der Waals surface area contributed by atoms with Crippen LogP contribution in [0.4, 0.5) is 0 Å². The minimum atomic E-state index is -0.357. The molecular formula is C19H24N2O3S2. The molecular weight excluding hydrogens is 368 g/mol. The van der Waals surface area contributed by atoms with Crippen molar-refractivity contribution >= 4 is 29.0 Å². The highest BCUT2D eigenvalue weighted by atomic mass is 32.2. The highest BCUT2D eigenvalue weighted by Crippen LogP contribution is 2.40. The number of amides is 1. The maximum absolute atomic E-state index is 11.4. The third kappa shape index (κ3) is 3.84. The predicted molar refractivity (Wildman–Crippen MR) is 107 cm³/mol. The summed E-state index contributed by atoms with van der Waals surface area (Å²) < 4.78 is 11.2. The molecule has 1 aliphatic rings. The fraction of sp³-hybridized carbons (Fsp3) is 0.421. The Kier molecular flexibility index (Phi) is 6.11. The molecule has 1 aromatic heterocycles. The van der Waals surface area contributed by atoms with E-state index in [4.69, 9.17) is 15.2 Å². The number of thioether (sulfide) groups is 1. The number of rotatable bonds is 7. The van der Waals surface area contributed by atoms with E-state index >= 15 is 0 Å². The standard InChI is InChI=1S/C19H24N2O3S2/c1-23-14-10-18(25-3)15(24-2)9-12(14)11-21-8-4-5-13(21)16-6-7-17(26-16)19(20)22/h6-7,9-10,13H,4-5,8,11H2,1-3H3,(H2,20,22)/t13-/m0/s1. The summed E-state index contributed by atoms with van der Waals surface area (Å²) in [7, 11) is 3.40. The molecule has 0 bridgehead atoms. The van der Waals surface area contributed by atoms with Gasteiger partial charge in [-0.1, -0.05) is 0 Å². The van der Waals surface area contributed by atoms with Crippen molar-refractivity contribution in [2.45, 2.75) is 30.3 Å². The number of hydrogen-bond donors (Lipinski definition) is 1. The lowest BCUT2D eigenvalue weighted by Gasteiger charge is -2.25. The summed E-state index contributed by atoms with van der Waals surface area (Å²) in [5.41, 5.74) is 6.52. The van der Waals surface area contributed by atoms with Crippen LogP contribution in [0.15, 0.2) is 29.2 Å². The molecule has 0 spiro atoms. The highest BCUT2D eigenvalue weighted by molar-refractivity contribution is 7.98. The number of likely N-dealkylation sites (tertiary alicyclic amines) is 1. The Bertz CT molecular complexity index is 791. The molecule has 5 nitrogen and oxygen atoms in total.